The molecule has 1 saturated heterocycles. The fraction of sp³-hybridized carbons (Fsp3) is 0.429. The van der Waals surface area contributed by atoms with E-state index >= 15 is 0 Å². The molecular weight excluding hydrogens is 244 g/mol. The van der Waals surface area contributed by atoms with E-state index in [0.717, 1.165) is 5.56 Å². The van der Waals surface area contributed by atoms with Crippen molar-refractivity contribution in [1.29, 1.82) is 0 Å². The van der Waals surface area contributed by atoms with E-state index in [0.29, 0.717) is 24.2 Å². The second-order valence-corrected chi connectivity index (χ2v) is 5.41. The molecule has 3 N–H and O–H groups in total. The zero-order valence-corrected chi connectivity index (χ0v) is 11.1. The lowest BCUT2D eigenvalue weighted by Crippen LogP contribution is -2.34. The minimum Gasteiger partial charge on any atom is -0.481 e. The molecule has 1 heterocycles. The number of carbonyl (C=O) groups is 2. The maximum absolute atomic E-state index is 12.3. The summed E-state index contributed by atoms with van der Waals surface area (Å²) in [6, 6.07) is 5.17. The Hall–Kier alpha value is -2.04. The van der Waals surface area contributed by atoms with Crippen molar-refractivity contribution in [2.45, 2.75) is 20.3 Å². The molecule has 1 amide bonds. The Labute approximate surface area is 112 Å². The minimum atomic E-state index is -0.855. The first kappa shape index (κ1) is 13.4. The van der Waals surface area contributed by atoms with Gasteiger partial charge in [-0.3, -0.25) is 9.59 Å². The van der Waals surface area contributed by atoms with Gasteiger partial charge < -0.3 is 15.7 Å². The molecular formula is C14H18N2O3. The topological polar surface area (TPSA) is 83.6 Å². The van der Waals surface area contributed by atoms with E-state index in [4.69, 9.17) is 10.8 Å². The Balaban J connectivity index is 2.18. The average Bonchev–Trinajstić information content (AvgIpc) is 2.76. The summed E-state index contributed by atoms with van der Waals surface area (Å²) >= 11 is 0. The van der Waals surface area contributed by atoms with Crippen LogP contribution < -0.4 is 5.73 Å². The van der Waals surface area contributed by atoms with Crippen molar-refractivity contribution >= 4 is 17.6 Å². The lowest BCUT2D eigenvalue weighted by Gasteiger charge is -2.20. The monoisotopic (exact) mass is 262 g/mol. The number of nitrogen functional groups attached to an aromatic ring is 1. The van der Waals surface area contributed by atoms with Crippen LogP contribution in [0.1, 0.15) is 29.3 Å². The number of carbonyl (C=O) groups excluding carboxylic acids is 1. The number of carboxylic acids is 1. The first-order valence-electron chi connectivity index (χ1n) is 6.22. The minimum absolute atomic E-state index is 0.156. The molecule has 0 radical (unpaired) electrons. The van der Waals surface area contributed by atoms with Crippen molar-refractivity contribution in [3.05, 3.63) is 29.3 Å². The second-order valence-electron chi connectivity index (χ2n) is 5.41. The number of rotatable bonds is 2. The molecule has 0 spiro atoms. The Morgan fingerprint density at radius 2 is 2.11 bits per heavy atom. The third kappa shape index (κ3) is 2.41. The van der Waals surface area contributed by atoms with E-state index < -0.39 is 11.4 Å². The summed E-state index contributed by atoms with van der Waals surface area (Å²) in [6.45, 7) is 4.26. The highest BCUT2D eigenvalue weighted by Gasteiger charge is 2.42. The van der Waals surface area contributed by atoms with E-state index in [1.165, 1.54) is 0 Å². The molecule has 1 fully saturated rings. The van der Waals surface area contributed by atoms with Gasteiger partial charge in [-0.1, -0.05) is 6.07 Å². The second kappa shape index (κ2) is 4.57. The van der Waals surface area contributed by atoms with Crippen molar-refractivity contribution in [3.8, 4) is 0 Å². The molecule has 1 unspecified atom stereocenters. The number of benzene rings is 1. The number of amides is 1. The molecule has 19 heavy (non-hydrogen) atoms. The van der Waals surface area contributed by atoms with Gasteiger partial charge in [0.15, 0.2) is 0 Å². The maximum atomic E-state index is 12.3. The van der Waals surface area contributed by atoms with Crippen LogP contribution in [0.3, 0.4) is 0 Å². The van der Waals surface area contributed by atoms with Crippen LogP contribution in [-0.4, -0.2) is 35.0 Å². The van der Waals surface area contributed by atoms with Crippen LogP contribution in [0.4, 0.5) is 5.69 Å². The van der Waals surface area contributed by atoms with Crippen molar-refractivity contribution in [2.24, 2.45) is 5.41 Å². The van der Waals surface area contributed by atoms with Crippen molar-refractivity contribution in [2.75, 3.05) is 18.8 Å². The number of anilines is 1. The van der Waals surface area contributed by atoms with Crippen LogP contribution in [0.5, 0.6) is 0 Å². The van der Waals surface area contributed by atoms with Gasteiger partial charge >= 0.3 is 5.97 Å². The summed E-state index contributed by atoms with van der Waals surface area (Å²) in [7, 11) is 0. The molecule has 1 aliphatic heterocycles. The van der Waals surface area contributed by atoms with Gasteiger partial charge in [-0.15, -0.1) is 0 Å². The number of hydrogen-bond acceptors (Lipinski definition) is 3. The van der Waals surface area contributed by atoms with Crippen LogP contribution in [-0.2, 0) is 4.79 Å². The number of aryl methyl sites for hydroxylation is 1. The van der Waals surface area contributed by atoms with Gasteiger partial charge in [0.05, 0.1) is 5.41 Å². The summed E-state index contributed by atoms with van der Waals surface area (Å²) in [5.74, 6) is -1.01. The molecule has 1 aromatic carbocycles. The number of hydrogen-bond donors (Lipinski definition) is 2. The van der Waals surface area contributed by atoms with E-state index in [2.05, 4.69) is 0 Å². The van der Waals surface area contributed by atoms with Gasteiger partial charge in [0.25, 0.3) is 5.91 Å². The molecule has 0 aromatic heterocycles. The number of carboxylic acid groups (broad SMARTS) is 1. The quantitative estimate of drug-likeness (QED) is 0.791. The molecule has 5 heteroatoms. The van der Waals surface area contributed by atoms with Gasteiger partial charge in [0.2, 0.25) is 0 Å². The Kier molecular flexibility index (Phi) is 3.22. The van der Waals surface area contributed by atoms with Gasteiger partial charge in [-0.05, 0) is 38.0 Å². The number of nitrogens with two attached hydrogens (primary N) is 1. The highest BCUT2D eigenvalue weighted by atomic mass is 16.4. The van der Waals surface area contributed by atoms with Crippen molar-refractivity contribution in [1.82, 2.24) is 4.90 Å². The molecule has 1 aromatic rings. The highest BCUT2D eigenvalue weighted by Crippen LogP contribution is 2.31. The van der Waals surface area contributed by atoms with E-state index in [1.54, 1.807) is 30.0 Å². The average molecular weight is 262 g/mol. The predicted molar refractivity (Wildman–Crippen MR) is 71.9 cm³/mol. The first-order valence-corrected chi connectivity index (χ1v) is 6.22. The van der Waals surface area contributed by atoms with Crippen LogP contribution in [0, 0.1) is 12.3 Å². The van der Waals surface area contributed by atoms with Gasteiger partial charge in [-0.25, -0.2) is 0 Å². The van der Waals surface area contributed by atoms with Gasteiger partial charge in [-0.2, -0.15) is 0 Å². The van der Waals surface area contributed by atoms with Gasteiger partial charge in [0.1, 0.15) is 0 Å². The van der Waals surface area contributed by atoms with Crippen molar-refractivity contribution < 1.29 is 14.7 Å². The molecule has 0 saturated carbocycles. The molecule has 0 aliphatic carbocycles. The first-order chi connectivity index (χ1) is 8.83. The SMILES string of the molecule is Cc1ccc(C(=O)N2CCC(C)(C(=O)O)C2)cc1N. The maximum Gasteiger partial charge on any atom is 0.311 e. The summed E-state index contributed by atoms with van der Waals surface area (Å²) in [5.41, 5.74) is 6.96. The van der Waals surface area contributed by atoms with E-state index in [-0.39, 0.29) is 12.5 Å². The zero-order chi connectivity index (χ0) is 14.2. The van der Waals surface area contributed by atoms with Gasteiger partial charge in [0, 0.05) is 24.3 Å². The third-order valence-corrected chi connectivity index (χ3v) is 3.80. The standard InChI is InChI=1S/C14H18N2O3/c1-9-3-4-10(7-11(9)15)12(17)16-6-5-14(2,8-16)13(18)19/h3-4,7H,5-6,8,15H2,1-2H3,(H,18,19). The van der Waals surface area contributed by atoms with Crippen LogP contribution in [0.15, 0.2) is 18.2 Å². The smallest absolute Gasteiger partial charge is 0.311 e. The Morgan fingerprint density at radius 1 is 1.42 bits per heavy atom. The normalized spacial score (nSPS) is 22.5. The number of likely N-dealkylation sites (tertiary alicyclic amines) is 1. The lowest BCUT2D eigenvalue weighted by molar-refractivity contribution is -0.147. The molecule has 1 aliphatic rings. The number of aliphatic carboxylic acids is 1. The molecule has 1 atom stereocenters. The predicted octanol–water partition coefficient (Wildman–Crippen LogP) is 1.51. The third-order valence-electron chi connectivity index (χ3n) is 3.80. The Morgan fingerprint density at radius 3 is 2.63 bits per heavy atom. The zero-order valence-electron chi connectivity index (χ0n) is 11.1. The molecule has 0 bridgehead atoms. The Bertz CT molecular complexity index is 541. The summed E-state index contributed by atoms with van der Waals surface area (Å²) in [6.07, 6.45) is 0.482. The fourth-order valence-corrected chi connectivity index (χ4v) is 2.27. The summed E-state index contributed by atoms with van der Waals surface area (Å²) in [4.78, 5) is 25.0. The molecule has 5 nitrogen and oxygen atoms in total. The number of nitrogens with zero attached hydrogens (tertiary/aromatic N) is 1. The van der Waals surface area contributed by atoms with E-state index in [9.17, 15) is 9.59 Å². The summed E-state index contributed by atoms with van der Waals surface area (Å²) < 4.78 is 0. The molecule has 2 rings (SSSR count). The van der Waals surface area contributed by atoms with Crippen LogP contribution in [0.2, 0.25) is 0 Å². The largest absolute Gasteiger partial charge is 0.481 e. The fourth-order valence-electron chi connectivity index (χ4n) is 2.27. The molecule has 102 valence electrons. The summed E-state index contributed by atoms with van der Waals surface area (Å²) in [5, 5.41) is 9.17. The van der Waals surface area contributed by atoms with Crippen LogP contribution >= 0.6 is 0 Å². The van der Waals surface area contributed by atoms with E-state index in [1.807, 2.05) is 6.92 Å². The van der Waals surface area contributed by atoms with Crippen molar-refractivity contribution in [3.63, 3.8) is 0 Å². The highest BCUT2D eigenvalue weighted by molar-refractivity contribution is 5.96. The lowest BCUT2D eigenvalue weighted by atomic mass is 9.90. The van der Waals surface area contributed by atoms with Crippen LogP contribution in [0.25, 0.3) is 0 Å².